The number of aromatic nitrogens is 1. The Morgan fingerprint density at radius 2 is 2.05 bits per heavy atom. The lowest BCUT2D eigenvalue weighted by atomic mass is 9.86. The van der Waals surface area contributed by atoms with Crippen molar-refractivity contribution in [2.75, 3.05) is 5.75 Å². The van der Waals surface area contributed by atoms with E-state index in [4.69, 9.17) is 5.73 Å². The number of hydrogen-bond donors (Lipinski definition) is 1. The molecular formula is C15H19N3OS. The van der Waals surface area contributed by atoms with E-state index in [1.165, 1.54) is 17.3 Å². The molecule has 0 radical (unpaired) electrons. The van der Waals surface area contributed by atoms with Crippen molar-refractivity contribution in [3.05, 3.63) is 22.4 Å². The summed E-state index contributed by atoms with van der Waals surface area (Å²) in [5, 5.41) is 10.1. The van der Waals surface area contributed by atoms with Gasteiger partial charge in [0.2, 0.25) is 5.91 Å². The van der Waals surface area contributed by atoms with Crippen LogP contribution >= 0.6 is 11.8 Å². The van der Waals surface area contributed by atoms with Gasteiger partial charge in [0.25, 0.3) is 0 Å². The first-order chi connectivity index (χ1) is 9.54. The maximum atomic E-state index is 11.0. The van der Waals surface area contributed by atoms with Crippen LogP contribution in [0.15, 0.2) is 5.03 Å². The summed E-state index contributed by atoms with van der Waals surface area (Å²) < 4.78 is 0. The Kier molecular flexibility index (Phi) is 4.66. The van der Waals surface area contributed by atoms with Crippen LogP contribution < -0.4 is 5.73 Å². The minimum atomic E-state index is -0.385. The fraction of sp³-hybridized carbons (Fsp3) is 0.533. The molecule has 1 aliphatic rings. The molecule has 0 aromatic carbocycles. The van der Waals surface area contributed by atoms with Crippen molar-refractivity contribution in [1.29, 1.82) is 5.26 Å². The zero-order valence-corrected chi connectivity index (χ0v) is 12.7. The first-order valence-corrected chi connectivity index (χ1v) is 7.90. The van der Waals surface area contributed by atoms with Gasteiger partial charge in [-0.2, -0.15) is 5.26 Å². The van der Waals surface area contributed by atoms with Gasteiger partial charge in [-0.3, -0.25) is 4.79 Å². The van der Waals surface area contributed by atoms with Crippen LogP contribution in [0.1, 0.15) is 55.0 Å². The number of pyridine rings is 1. The van der Waals surface area contributed by atoms with Crippen LogP contribution in [0.4, 0.5) is 0 Å². The third kappa shape index (κ3) is 2.96. The Bertz CT molecular complexity index is 575. The largest absolute Gasteiger partial charge is 0.369 e. The van der Waals surface area contributed by atoms with E-state index in [1.807, 2.05) is 0 Å². The number of carbonyl (C=O) groups excluding carboxylic acids is 1. The number of nitrogens with zero attached hydrogens (tertiary/aromatic N) is 2. The van der Waals surface area contributed by atoms with Gasteiger partial charge in [-0.1, -0.05) is 25.6 Å². The maximum Gasteiger partial charge on any atom is 0.227 e. The summed E-state index contributed by atoms with van der Waals surface area (Å²) in [5.74, 6) is 0.102. The highest BCUT2D eigenvalue weighted by Gasteiger charge is 2.23. The molecule has 2 N–H and O–H groups in total. The molecule has 106 valence electrons. The molecule has 0 saturated heterocycles. The molecule has 0 unspecified atom stereocenters. The van der Waals surface area contributed by atoms with Crippen molar-refractivity contribution in [2.45, 2.75) is 50.5 Å². The zero-order chi connectivity index (χ0) is 14.7. The fourth-order valence-electron chi connectivity index (χ4n) is 2.66. The van der Waals surface area contributed by atoms with Crippen LogP contribution in [-0.2, 0) is 17.6 Å². The van der Waals surface area contributed by atoms with Crippen molar-refractivity contribution in [1.82, 2.24) is 4.98 Å². The van der Waals surface area contributed by atoms with E-state index in [0.29, 0.717) is 16.5 Å². The number of rotatable bonds is 4. The van der Waals surface area contributed by atoms with E-state index in [1.54, 1.807) is 0 Å². The normalized spacial score (nSPS) is 13.9. The highest BCUT2D eigenvalue weighted by atomic mass is 32.2. The van der Waals surface area contributed by atoms with E-state index < -0.39 is 0 Å². The van der Waals surface area contributed by atoms with Crippen LogP contribution in [0.25, 0.3) is 0 Å². The quantitative estimate of drug-likeness (QED) is 0.864. The monoisotopic (exact) mass is 289 g/mol. The molecule has 1 aliphatic carbocycles. The number of fused-ring (bicyclic) bond motifs is 1. The molecule has 0 spiro atoms. The number of hydrogen-bond acceptors (Lipinski definition) is 4. The molecule has 0 fully saturated rings. The summed E-state index contributed by atoms with van der Waals surface area (Å²) in [5.41, 5.74) is 9.32. The van der Waals surface area contributed by atoms with E-state index in [0.717, 1.165) is 36.9 Å². The first-order valence-electron chi connectivity index (χ1n) is 6.91. The Balaban J connectivity index is 2.53. The summed E-state index contributed by atoms with van der Waals surface area (Å²) >= 11 is 1.28. The lowest BCUT2D eigenvalue weighted by molar-refractivity contribution is -0.115. The van der Waals surface area contributed by atoms with Gasteiger partial charge in [-0.15, -0.1) is 0 Å². The minimum Gasteiger partial charge on any atom is -0.369 e. The highest BCUT2D eigenvalue weighted by molar-refractivity contribution is 8.00. The molecule has 5 heteroatoms. The van der Waals surface area contributed by atoms with Gasteiger partial charge >= 0.3 is 0 Å². The lowest BCUT2D eigenvalue weighted by Crippen LogP contribution is -2.16. The second-order valence-corrected chi connectivity index (χ2v) is 6.33. The molecule has 1 amide bonds. The average molecular weight is 289 g/mol. The summed E-state index contributed by atoms with van der Waals surface area (Å²) in [6, 6.07) is 2.28. The molecule has 0 aliphatic heterocycles. The van der Waals surface area contributed by atoms with E-state index in [2.05, 4.69) is 24.9 Å². The number of thioether (sulfide) groups is 1. The van der Waals surface area contributed by atoms with Gasteiger partial charge in [0.1, 0.15) is 11.1 Å². The predicted octanol–water partition coefficient (Wildman–Crippen LogP) is 2.53. The number of carbonyl (C=O) groups is 1. The van der Waals surface area contributed by atoms with Gasteiger partial charge < -0.3 is 5.73 Å². The SMILES string of the molecule is CC(C)c1nc(SCC(N)=O)c(C#N)c2c1CCCC2. The Morgan fingerprint density at radius 1 is 1.40 bits per heavy atom. The van der Waals surface area contributed by atoms with Gasteiger partial charge in [0, 0.05) is 5.69 Å². The van der Waals surface area contributed by atoms with Crippen LogP contribution in [0.3, 0.4) is 0 Å². The molecular weight excluding hydrogens is 270 g/mol. The van der Waals surface area contributed by atoms with E-state index in [9.17, 15) is 10.1 Å². The summed E-state index contributed by atoms with van der Waals surface area (Å²) in [6.45, 7) is 4.23. The maximum absolute atomic E-state index is 11.0. The number of amides is 1. The second-order valence-electron chi connectivity index (χ2n) is 5.36. The smallest absolute Gasteiger partial charge is 0.227 e. The molecule has 1 aromatic heterocycles. The number of primary amides is 1. The molecule has 0 atom stereocenters. The van der Waals surface area contributed by atoms with Crippen LogP contribution in [0, 0.1) is 11.3 Å². The second kappa shape index (κ2) is 6.27. The third-order valence-corrected chi connectivity index (χ3v) is 4.52. The van der Waals surface area contributed by atoms with E-state index in [-0.39, 0.29) is 11.7 Å². The summed E-state index contributed by atoms with van der Waals surface area (Å²) in [7, 11) is 0. The van der Waals surface area contributed by atoms with Gasteiger partial charge in [0.15, 0.2) is 0 Å². The molecule has 0 bridgehead atoms. The van der Waals surface area contributed by atoms with Crippen molar-refractivity contribution >= 4 is 17.7 Å². The number of nitrogens with two attached hydrogens (primary N) is 1. The topological polar surface area (TPSA) is 79.8 Å². The third-order valence-electron chi connectivity index (χ3n) is 3.52. The van der Waals surface area contributed by atoms with Crippen molar-refractivity contribution < 1.29 is 4.79 Å². The predicted molar refractivity (Wildman–Crippen MR) is 79.6 cm³/mol. The lowest BCUT2D eigenvalue weighted by Gasteiger charge is -2.23. The van der Waals surface area contributed by atoms with Gasteiger partial charge in [-0.05, 0) is 42.7 Å². The molecule has 1 heterocycles. The van der Waals surface area contributed by atoms with Crippen LogP contribution in [-0.4, -0.2) is 16.6 Å². The molecule has 1 aromatic rings. The Labute approximate surface area is 123 Å². The first kappa shape index (κ1) is 14.9. The van der Waals surface area contributed by atoms with Crippen molar-refractivity contribution in [3.63, 3.8) is 0 Å². The van der Waals surface area contributed by atoms with Gasteiger partial charge in [-0.25, -0.2) is 4.98 Å². The van der Waals surface area contributed by atoms with Crippen LogP contribution in [0.2, 0.25) is 0 Å². The highest BCUT2D eigenvalue weighted by Crippen LogP contribution is 2.34. The van der Waals surface area contributed by atoms with Crippen molar-refractivity contribution in [3.8, 4) is 6.07 Å². The average Bonchev–Trinajstić information content (AvgIpc) is 2.43. The standard InChI is InChI=1S/C15H19N3OS/c1-9(2)14-11-6-4-3-5-10(11)12(7-16)15(18-14)20-8-13(17)19/h9H,3-6,8H2,1-2H3,(H2,17,19). The molecule has 20 heavy (non-hydrogen) atoms. The Hall–Kier alpha value is -1.54. The zero-order valence-electron chi connectivity index (χ0n) is 11.9. The molecule has 4 nitrogen and oxygen atoms in total. The van der Waals surface area contributed by atoms with E-state index >= 15 is 0 Å². The van der Waals surface area contributed by atoms with Gasteiger partial charge in [0.05, 0.1) is 11.3 Å². The minimum absolute atomic E-state index is 0.165. The molecule has 0 saturated carbocycles. The fourth-order valence-corrected chi connectivity index (χ4v) is 3.42. The van der Waals surface area contributed by atoms with Crippen LogP contribution in [0.5, 0.6) is 0 Å². The summed E-state index contributed by atoms with van der Waals surface area (Å²) in [6.07, 6.45) is 4.21. The Morgan fingerprint density at radius 3 is 2.60 bits per heavy atom. The number of nitriles is 1. The van der Waals surface area contributed by atoms with Crippen molar-refractivity contribution in [2.24, 2.45) is 5.73 Å². The summed E-state index contributed by atoms with van der Waals surface area (Å²) in [4.78, 5) is 15.6. The molecule has 2 rings (SSSR count).